The first kappa shape index (κ1) is 14.0. The summed E-state index contributed by atoms with van der Waals surface area (Å²) < 4.78 is 5.18. The fourth-order valence-corrected chi connectivity index (χ4v) is 1.79. The summed E-state index contributed by atoms with van der Waals surface area (Å²) in [5.41, 5.74) is 0. The highest BCUT2D eigenvalue weighted by atomic mass is 16.5. The Hall–Kier alpha value is -1.10. The Labute approximate surface area is 102 Å². The summed E-state index contributed by atoms with van der Waals surface area (Å²) in [5, 5.41) is 2.74. The molecule has 98 valence electrons. The molecular formula is C12H22N2O3. The SMILES string of the molecule is CC(C)CC(=O)N[C@@H](C)C(=O)N1CCOCC1. The van der Waals surface area contributed by atoms with E-state index in [1.807, 2.05) is 13.8 Å². The van der Waals surface area contributed by atoms with Crippen LogP contribution in [0.5, 0.6) is 0 Å². The molecule has 1 aliphatic rings. The molecule has 0 aromatic heterocycles. The number of hydrogen-bond donors (Lipinski definition) is 1. The Morgan fingerprint density at radius 1 is 1.24 bits per heavy atom. The van der Waals surface area contributed by atoms with Crippen molar-refractivity contribution in [2.24, 2.45) is 5.92 Å². The molecule has 0 aromatic carbocycles. The Balaban J connectivity index is 2.37. The summed E-state index contributed by atoms with van der Waals surface area (Å²) in [5.74, 6) is 0.222. The molecule has 1 rings (SSSR count). The van der Waals surface area contributed by atoms with Gasteiger partial charge in [-0.15, -0.1) is 0 Å². The third-order valence-corrected chi connectivity index (χ3v) is 2.66. The van der Waals surface area contributed by atoms with Crippen LogP contribution in [0.25, 0.3) is 0 Å². The van der Waals surface area contributed by atoms with Gasteiger partial charge < -0.3 is 15.0 Å². The van der Waals surface area contributed by atoms with Crippen molar-refractivity contribution in [1.29, 1.82) is 0 Å². The second-order valence-corrected chi connectivity index (χ2v) is 4.82. The van der Waals surface area contributed by atoms with Crippen molar-refractivity contribution in [2.45, 2.75) is 33.2 Å². The number of hydrogen-bond acceptors (Lipinski definition) is 3. The van der Waals surface area contributed by atoms with E-state index in [4.69, 9.17) is 4.74 Å². The molecule has 5 heteroatoms. The second-order valence-electron chi connectivity index (χ2n) is 4.82. The molecule has 5 nitrogen and oxygen atoms in total. The first-order chi connectivity index (χ1) is 8.00. The van der Waals surface area contributed by atoms with E-state index in [2.05, 4.69) is 5.32 Å². The highest BCUT2D eigenvalue weighted by molar-refractivity contribution is 5.87. The van der Waals surface area contributed by atoms with Gasteiger partial charge in [-0.05, 0) is 12.8 Å². The van der Waals surface area contributed by atoms with E-state index >= 15 is 0 Å². The van der Waals surface area contributed by atoms with E-state index in [1.165, 1.54) is 0 Å². The standard InChI is InChI=1S/C12H22N2O3/c1-9(2)8-11(15)13-10(3)12(16)14-4-6-17-7-5-14/h9-10H,4-8H2,1-3H3,(H,13,15)/t10-/m0/s1. The lowest BCUT2D eigenvalue weighted by Gasteiger charge is -2.29. The molecule has 1 atom stereocenters. The maximum absolute atomic E-state index is 12.0. The average Bonchev–Trinajstić information content (AvgIpc) is 2.28. The van der Waals surface area contributed by atoms with Crippen LogP contribution in [-0.4, -0.2) is 49.1 Å². The van der Waals surface area contributed by atoms with Crippen molar-refractivity contribution >= 4 is 11.8 Å². The molecule has 0 aromatic rings. The minimum Gasteiger partial charge on any atom is -0.378 e. The number of ether oxygens (including phenoxy) is 1. The van der Waals surface area contributed by atoms with Gasteiger partial charge >= 0.3 is 0 Å². The van der Waals surface area contributed by atoms with E-state index in [0.29, 0.717) is 38.6 Å². The number of carbonyl (C=O) groups excluding carboxylic acids is 2. The smallest absolute Gasteiger partial charge is 0.245 e. The molecule has 0 aliphatic carbocycles. The minimum atomic E-state index is -0.445. The van der Waals surface area contributed by atoms with Crippen molar-refractivity contribution in [3.8, 4) is 0 Å². The van der Waals surface area contributed by atoms with Crippen LogP contribution in [0.15, 0.2) is 0 Å². The van der Waals surface area contributed by atoms with Crippen LogP contribution in [0.2, 0.25) is 0 Å². The predicted molar refractivity (Wildman–Crippen MR) is 64.5 cm³/mol. The van der Waals surface area contributed by atoms with Crippen LogP contribution in [0.4, 0.5) is 0 Å². The molecule has 1 fully saturated rings. The highest BCUT2D eigenvalue weighted by Gasteiger charge is 2.23. The fourth-order valence-electron chi connectivity index (χ4n) is 1.79. The molecule has 17 heavy (non-hydrogen) atoms. The lowest BCUT2D eigenvalue weighted by molar-refractivity contribution is -0.139. The van der Waals surface area contributed by atoms with Gasteiger partial charge in [0, 0.05) is 19.5 Å². The molecule has 0 spiro atoms. The largest absolute Gasteiger partial charge is 0.378 e. The lowest BCUT2D eigenvalue weighted by Crippen LogP contribution is -2.50. The normalized spacial score (nSPS) is 18.0. The maximum Gasteiger partial charge on any atom is 0.245 e. The topological polar surface area (TPSA) is 58.6 Å². The second kappa shape index (κ2) is 6.59. The molecule has 1 aliphatic heterocycles. The molecule has 0 unspecified atom stereocenters. The Morgan fingerprint density at radius 3 is 2.35 bits per heavy atom. The molecule has 1 saturated heterocycles. The minimum absolute atomic E-state index is 0.0228. The molecular weight excluding hydrogens is 220 g/mol. The molecule has 2 amide bonds. The number of rotatable bonds is 4. The van der Waals surface area contributed by atoms with E-state index in [9.17, 15) is 9.59 Å². The zero-order chi connectivity index (χ0) is 12.8. The number of nitrogens with one attached hydrogen (secondary N) is 1. The van der Waals surface area contributed by atoms with Crippen LogP contribution in [0.1, 0.15) is 27.2 Å². The number of amides is 2. The zero-order valence-electron chi connectivity index (χ0n) is 10.9. The quantitative estimate of drug-likeness (QED) is 0.776. The summed E-state index contributed by atoms with van der Waals surface area (Å²) in [6, 6.07) is -0.445. The summed E-state index contributed by atoms with van der Waals surface area (Å²) in [6.45, 7) is 8.08. The van der Waals surface area contributed by atoms with Gasteiger partial charge in [-0.25, -0.2) is 0 Å². The molecule has 1 N–H and O–H groups in total. The Kier molecular flexibility index (Phi) is 5.41. The lowest BCUT2D eigenvalue weighted by atomic mass is 10.1. The van der Waals surface area contributed by atoms with E-state index in [-0.39, 0.29) is 11.8 Å². The van der Waals surface area contributed by atoms with Gasteiger partial charge in [-0.2, -0.15) is 0 Å². The number of carbonyl (C=O) groups is 2. The van der Waals surface area contributed by atoms with Crippen molar-refractivity contribution in [3.63, 3.8) is 0 Å². The van der Waals surface area contributed by atoms with Crippen LogP contribution < -0.4 is 5.32 Å². The van der Waals surface area contributed by atoms with Crippen LogP contribution in [0, 0.1) is 5.92 Å². The van der Waals surface area contributed by atoms with E-state index in [1.54, 1.807) is 11.8 Å². The third-order valence-electron chi connectivity index (χ3n) is 2.66. The predicted octanol–water partition coefficient (Wildman–Crippen LogP) is 0.396. The van der Waals surface area contributed by atoms with Gasteiger partial charge in [0.25, 0.3) is 0 Å². The summed E-state index contributed by atoms with van der Waals surface area (Å²) in [4.78, 5) is 25.3. The fraction of sp³-hybridized carbons (Fsp3) is 0.833. The van der Waals surface area contributed by atoms with Gasteiger partial charge in [0.1, 0.15) is 6.04 Å². The first-order valence-corrected chi connectivity index (χ1v) is 6.16. The average molecular weight is 242 g/mol. The van der Waals surface area contributed by atoms with Crippen molar-refractivity contribution in [3.05, 3.63) is 0 Å². The van der Waals surface area contributed by atoms with Gasteiger partial charge in [-0.1, -0.05) is 13.8 Å². The van der Waals surface area contributed by atoms with Gasteiger partial charge in [0.15, 0.2) is 0 Å². The Morgan fingerprint density at radius 2 is 1.82 bits per heavy atom. The molecule has 0 radical (unpaired) electrons. The molecule has 1 heterocycles. The summed E-state index contributed by atoms with van der Waals surface area (Å²) in [6.07, 6.45) is 0.459. The van der Waals surface area contributed by atoms with Crippen molar-refractivity contribution < 1.29 is 14.3 Å². The molecule has 0 bridgehead atoms. The monoisotopic (exact) mass is 242 g/mol. The highest BCUT2D eigenvalue weighted by Crippen LogP contribution is 2.03. The zero-order valence-corrected chi connectivity index (χ0v) is 10.9. The van der Waals surface area contributed by atoms with Crippen LogP contribution in [0.3, 0.4) is 0 Å². The van der Waals surface area contributed by atoms with E-state index in [0.717, 1.165) is 0 Å². The molecule has 0 saturated carbocycles. The maximum atomic E-state index is 12.0. The number of nitrogens with zero attached hydrogens (tertiary/aromatic N) is 1. The summed E-state index contributed by atoms with van der Waals surface area (Å²) >= 11 is 0. The van der Waals surface area contributed by atoms with Crippen molar-refractivity contribution in [1.82, 2.24) is 10.2 Å². The van der Waals surface area contributed by atoms with Crippen molar-refractivity contribution in [2.75, 3.05) is 26.3 Å². The number of morpholine rings is 1. The van der Waals surface area contributed by atoms with Crippen LogP contribution >= 0.6 is 0 Å². The Bertz CT molecular complexity index is 273. The van der Waals surface area contributed by atoms with Gasteiger partial charge in [-0.3, -0.25) is 9.59 Å². The third kappa shape index (κ3) is 4.73. The summed E-state index contributed by atoms with van der Waals surface area (Å²) in [7, 11) is 0. The van der Waals surface area contributed by atoms with Crippen LogP contribution in [-0.2, 0) is 14.3 Å². The van der Waals surface area contributed by atoms with Gasteiger partial charge in [0.05, 0.1) is 13.2 Å². The first-order valence-electron chi connectivity index (χ1n) is 6.16. The van der Waals surface area contributed by atoms with Gasteiger partial charge in [0.2, 0.25) is 11.8 Å². The van der Waals surface area contributed by atoms with E-state index < -0.39 is 6.04 Å².